The van der Waals surface area contributed by atoms with Crippen molar-refractivity contribution >= 4 is 22.8 Å². The summed E-state index contributed by atoms with van der Waals surface area (Å²) in [6, 6.07) is 11.1. The highest BCUT2D eigenvalue weighted by Crippen LogP contribution is 2.33. The maximum absolute atomic E-state index is 12.9. The molecule has 1 heterocycles. The van der Waals surface area contributed by atoms with Gasteiger partial charge in [0.25, 0.3) is 5.91 Å². The molecule has 1 aliphatic carbocycles. The maximum Gasteiger partial charge on any atom is 0.276 e. The van der Waals surface area contributed by atoms with Crippen molar-refractivity contribution in [1.82, 2.24) is 10.9 Å². The number of hydrazine groups is 1. The summed E-state index contributed by atoms with van der Waals surface area (Å²) in [4.78, 5) is 23.8. The van der Waals surface area contributed by atoms with E-state index >= 15 is 0 Å². The normalized spacial score (nSPS) is 13.0. The van der Waals surface area contributed by atoms with Gasteiger partial charge in [0, 0.05) is 17.4 Å². The van der Waals surface area contributed by atoms with Crippen molar-refractivity contribution < 1.29 is 23.1 Å². The molecule has 2 amide bonds. The number of ether oxygens (including phenoxy) is 1. The minimum atomic E-state index is -0.480. The van der Waals surface area contributed by atoms with E-state index in [0.717, 1.165) is 42.4 Å². The lowest BCUT2D eigenvalue weighted by Crippen LogP contribution is -2.44. The Labute approximate surface area is 167 Å². The second-order valence-corrected chi connectivity index (χ2v) is 7.06. The molecule has 0 radical (unpaired) electrons. The molecule has 150 valence electrons. The molecule has 4 rings (SSSR count). The molecule has 0 spiro atoms. The molecule has 6 nitrogen and oxygen atoms in total. The topological polar surface area (TPSA) is 80.6 Å². The first kappa shape index (κ1) is 19.0. The standard InChI is InChI=1S/C22H21FN2O4/c23-15-7-5-14(6-8-15)11-21(26)24-25-22(27)13-28-16-9-10-20-18(12-16)17-3-1-2-4-19(17)29-20/h5-10,12H,1-4,11,13H2,(H,24,26)(H,25,27). The fourth-order valence-electron chi connectivity index (χ4n) is 3.49. The van der Waals surface area contributed by atoms with Crippen molar-refractivity contribution in [3.63, 3.8) is 0 Å². The quantitative estimate of drug-likeness (QED) is 0.649. The van der Waals surface area contributed by atoms with Gasteiger partial charge in [0.05, 0.1) is 6.42 Å². The van der Waals surface area contributed by atoms with E-state index in [1.54, 1.807) is 6.07 Å². The molecule has 1 aliphatic rings. The number of carbonyl (C=O) groups excluding carboxylic acids is 2. The van der Waals surface area contributed by atoms with Gasteiger partial charge in [0.1, 0.15) is 22.9 Å². The van der Waals surface area contributed by atoms with Crippen LogP contribution >= 0.6 is 0 Å². The molecule has 3 aromatic rings. The number of aryl methyl sites for hydroxylation is 2. The van der Waals surface area contributed by atoms with Crippen LogP contribution in [0.25, 0.3) is 11.0 Å². The first-order valence-electron chi connectivity index (χ1n) is 9.58. The highest BCUT2D eigenvalue weighted by Gasteiger charge is 2.18. The van der Waals surface area contributed by atoms with Crippen LogP contribution in [0.2, 0.25) is 0 Å². The number of hydrogen-bond acceptors (Lipinski definition) is 4. The van der Waals surface area contributed by atoms with Crippen LogP contribution in [-0.2, 0) is 28.9 Å². The highest BCUT2D eigenvalue weighted by molar-refractivity contribution is 5.85. The van der Waals surface area contributed by atoms with Crippen molar-refractivity contribution in [2.45, 2.75) is 32.1 Å². The zero-order valence-corrected chi connectivity index (χ0v) is 15.8. The minimum absolute atomic E-state index is 0.0314. The Hall–Kier alpha value is -3.35. The van der Waals surface area contributed by atoms with Crippen LogP contribution in [0.1, 0.15) is 29.7 Å². The monoisotopic (exact) mass is 396 g/mol. The zero-order valence-electron chi connectivity index (χ0n) is 15.8. The van der Waals surface area contributed by atoms with Crippen LogP contribution in [0.15, 0.2) is 46.9 Å². The number of amides is 2. The van der Waals surface area contributed by atoms with Gasteiger partial charge in [-0.3, -0.25) is 20.4 Å². The zero-order chi connectivity index (χ0) is 20.2. The fourth-order valence-corrected chi connectivity index (χ4v) is 3.49. The SMILES string of the molecule is O=C(COc1ccc2oc3c(c2c1)CCCC3)NNC(=O)Cc1ccc(F)cc1. The molecule has 0 saturated heterocycles. The third-order valence-electron chi connectivity index (χ3n) is 4.92. The molecule has 7 heteroatoms. The number of fused-ring (bicyclic) bond motifs is 3. The summed E-state index contributed by atoms with van der Waals surface area (Å²) in [6.45, 7) is -0.234. The van der Waals surface area contributed by atoms with E-state index in [2.05, 4.69) is 10.9 Å². The van der Waals surface area contributed by atoms with E-state index in [1.807, 2.05) is 12.1 Å². The van der Waals surface area contributed by atoms with Gasteiger partial charge in [-0.05, 0) is 55.2 Å². The Morgan fingerprint density at radius 3 is 2.59 bits per heavy atom. The van der Waals surface area contributed by atoms with Gasteiger partial charge in [0.15, 0.2) is 6.61 Å². The van der Waals surface area contributed by atoms with Crippen LogP contribution in [0, 0.1) is 5.82 Å². The number of carbonyl (C=O) groups is 2. The summed E-state index contributed by atoms with van der Waals surface area (Å²) in [5.41, 5.74) is 7.34. The molecule has 0 unspecified atom stereocenters. The van der Waals surface area contributed by atoms with E-state index in [1.165, 1.54) is 29.8 Å². The summed E-state index contributed by atoms with van der Waals surface area (Å²) in [7, 11) is 0. The fraction of sp³-hybridized carbons (Fsp3) is 0.273. The number of furan rings is 1. The van der Waals surface area contributed by atoms with Gasteiger partial charge in [-0.15, -0.1) is 0 Å². The van der Waals surface area contributed by atoms with Crippen molar-refractivity contribution in [3.8, 4) is 5.75 Å². The lowest BCUT2D eigenvalue weighted by Gasteiger charge is -2.10. The van der Waals surface area contributed by atoms with Crippen LogP contribution in [0.3, 0.4) is 0 Å². The van der Waals surface area contributed by atoms with Crippen molar-refractivity contribution in [3.05, 3.63) is 65.2 Å². The Bertz CT molecular complexity index is 1040. The van der Waals surface area contributed by atoms with E-state index < -0.39 is 11.8 Å². The van der Waals surface area contributed by atoms with E-state index in [4.69, 9.17) is 9.15 Å². The number of hydrogen-bond donors (Lipinski definition) is 2. The van der Waals surface area contributed by atoms with Gasteiger partial charge in [-0.2, -0.15) is 0 Å². The minimum Gasteiger partial charge on any atom is -0.484 e. The van der Waals surface area contributed by atoms with E-state index in [-0.39, 0.29) is 18.8 Å². The lowest BCUT2D eigenvalue weighted by molar-refractivity contribution is -0.129. The number of rotatable bonds is 5. The van der Waals surface area contributed by atoms with Gasteiger partial charge in [-0.25, -0.2) is 4.39 Å². The van der Waals surface area contributed by atoms with Crippen molar-refractivity contribution in [1.29, 1.82) is 0 Å². The Kier molecular flexibility index (Phi) is 5.46. The molecule has 0 fully saturated rings. The summed E-state index contributed by atoms with van der Waals surface area (Å²) >= 11 is 0. The maximum atomic E-state index is 12.9. The highest BCUT2D eigenvalue weighted by atomic mass is 19.1. The number of halogens is 1. The molecule has 0 saturated carbocycles. The molecular weight excluding hydrogens is 375 g/mol. The van der Waals surface area contributed by atoms with E-state index in [0.29, 0.717) is 11.3 Å². The summed E-state index contributed by atoms with van der Waals surface area (Å²) in [5.74, 6) is 0.362. The van der Waals surface area contributed by atoms with Gasteiger partial charge < -0.3 is 9.15 Å². The molecule has 1 aromatic heterocycles. The molecule has 2 N–H and O–H groups in total. The molecule has 0 aliphatic heterocycles. The van der Waals surface area contributed by atoms with Crippen LogP contribution in [0.4, 0.5) is 4.39 Å². The average molecular weight is 396 g/mol. The Balaban J connectivity index is 1.28. The Morgan fingerprint density at radius 2 is 1.76 bits per heavy atom. The predicted molar refractivity (Wildman–Crippen MR) is 105 cm³/mol. The van der Waals surface area contributed by atoms with Crippen molar-refractivity contribution in [2.24, 2.45) is 0 Å². The summed E-state index contributed by atoms with van der Waals surface area (Å²) < 4.78 is 24.3. The van der Waals surface area contributed by atoms with E-state index in [9.17, 15) is 14.0 Å². The van der Waals surface area contributed by atoms with Crippen LogP contribution in [-0.4, -0.2) is 18.4 Å². The van der Waals surface area contributed by atoms with Gasteiger partial charge in [0.2, 0.25) is 5.91 Å². The molecule has 0 bridgehead atoms. The van der Waals surface area contributed by atoms with Crippen LogP contribution in [0.5, 0.6) is 5.75 Å². The van der Waals surface area contributed by atoms with Crippen LogP contribution < -0.4 is 15.6 Å². The first-order chi connectivity index (χ1) is 14.1. The largest absolute Gasteiger partial charge is 0.484 e. The average Bonchev–Trinajstić information content (AvgIpc) is 3.10. The molecular formula is C22H21FN2O4. The second-order valence-electron chi connectivity index (χ2n) is 7.06. The summed E-state index contributed by atoms with van der Waals surface area (Å²) in [5, 5.41) is 1.03. The second kappa shape index (κ2) is 8.34. The molecule has 29 heavy (non-hydrogen) atoms. The lowest BCUT2D eigenvalue weighted by atomic mass is 9.96. The third-order valence-corrected chi connectivity index (χ3v) is 4.92. The molecule has 2 aromatic carbocycles. The number of benzene rings is 2. The van der Waals surface area contributed by atoms with Gasteiger partial charge >= 0.3 is 0 Å². The third kappa shape index (κ3) is 4.56. The Morgan fingerprint density at radius 1 is 1.00 bits per heavy atom. The number of nitrogens with one attached hydrogen (secondary N) is 2. The van der Waals surface area contributed by atoms with Gasteiger partial charge in [-0.1, -0.05) is 12.1 Å². The first-order valence-corrected chi connectivity index (χ1v) is 9.58. The molecule has 0 atom stereocenters. The predicted octanol–water partition coefficient (Wildman–Crippen LogP) is 3.22. The summed E-state index contributed by atoms with van der Waals surface area (Å²) in [6.07, 6.45) is 4.27. The smallest absolute Gasteiger partial charge is 0.276 e. The van der Waals surface area contributed by atoms with Crippen molar-refractivity contribution in [2.75, 3.05) is 6.61 Å².